The smallest absolute Gasteiger partial charge is 0.309 e. The quantitative estimate of drug-likeness (QED) is 0.210. The van der Waals surface area contributed by atoms with Crippen molar-refractivity contribution in [1.29, 1.82) is 0 Å². The summed E-state index contributed by atoms with van der Waals surface area (Å²) in [5, 5.41) is 9.59. The van der Waals surface area contributed by atoms with Crippen molar-refractivity contribution in [3.05, 3.63) is 61.2 Å². The predicted octanol–water partition coefficient (Wildman–Crippen LogP) is 4.30. The molecule has 0 aliphatic carbocycles. The number of likely N-dealkylation sites (tertiary alicyclic amines) is 2. The maximum atomic E-state index is 13.5. The van der Waals surface area contributed by atoms with Gasteiger partial charge in [-0.2, -0.15) is 0 Å². The summed E-state index contributed by atoms with van der Waals surface area (Å²) in [7, 11) is 0. The van der Waals surface area contributed by atoms with Gasteiger partial charge in [-0.3, -0.25) is 14.4 Å². The van der Waals surface area contributed by atoms with Crippen molar-refractivity contribution in [3.63, 3.8) is 0 Å². The Labute approximate surface area is 227 Å². The molecule has 2 saturated heterocycles. The summed E-state index contributed by atoms with van der Waals surface area (Å²) in [5.74, 6) is -1.13. The molecule has 2 amide bonds. The molecule has 2 fully saturated rings. The second-order valence-corrected chi connectivity index (χ2v) is 10.6. The zero-order chi connectivity index (χ0) is 27.3. The van der Waals surface area contributed by atoms with Crippen molar-refractivity contribution in [2.75, 3.05) is 26.3 Å². The van der Waals surface area contributed by atoms with E-state index in [0.29, 0.717) is 25.9 Å². The molecule has 1 N–H and O–H groups in total. The van der Waals surface area contributed by atoms with Gasteiger partial charge in [0, 0.05) is 19.5 Å². The lowest BCUT2D eigenvalue weighted by molar-refractivity contribution is -0.153. The molecule has 38 heavy (non-hydrogen) atoms. The number of hydrogen-bond acceptors (Lipinski definition) is 5. The molecule has 1 aromatic rings. The fourth-order valence-corrected chi connectivity index (χ4v) is 5.69. The van der Waals surface area contributed by atoms with Gasteiger partial charge in [-0.25, -0.2) is 0 Å². The van der Waals surface area contributed by atoms with E-state index in [4.69, 9.17) is 4.74 Å². The molecule has 0 aromatic heterocycles. The number of rotatable bonds is 15. The minimum absolute atomic E-state index is 0.0514. The summed E-state index contributed by atoms with van der Waals surface area (Å²) in [4.78, 5) is 43.2. The van der Waals surface area contributed by atoms with Gasteiger partial charge in [0.25, 0.3) is 0 Å². The number of amides is 2. The first-order chi connectivity index (χ1) is 18.5. The molecule has 7 heteroatoms. The van der Waals surface area contributed by atoms with Crippen molar-refractivity contribution in [2.45, 2.75) is 76.3 Å². The molecule has 0 bridgehead atoms. The Morgan fingerprint density at radius 3 is 2.39 bits per heavy atom. The molecule has 0 radical (unpaired) electrons. The molecule has 0 spiro atoms. The van der Waals surface area contributed by atoms with Crippen LogP contribution in [0.3, 0.4) is 0 Å². The Bertz CT molecular complexity index is 933. The van der Waals surface area contributed by atoms with Crippen LogP contribution in [-0.2, 0) is 25.5 Å². The van der Waals surface area contributed by atoms with Gasteiger partial charge in [-0.05, 0) is 63.4 Å². The first-order valence-corrected chi connectivity index (χ1v) is 14.1. The standard InChI is InChI=1S/C31H44N2O5/c1-3-5-7-15-26(20-24-13-8-6-9-14-24)31(37)38-23-28-17-11-19-33(28)30(36)25(12-4-2)21-29(35)32-18-10-16-27(32)22-34/h3-4,6,8-9,13-14,25-28,34H,1-2,5,7,10-12,15-23H2/t25-,26+,27-,28-/m0/s1. The van der Waals surface area contributed by atoms with Crippen molar-refractivity contribution in [2.24, 2.45) is 11.8 Å². The van der Waals surface area contributed by atoms with Gasteiger partial charge >= 0.3 is 5.97 Å². The number of hydrogen-bond donors (Lipinski definition) is 1. The summed E-state index contributed by atoms with van der Waals surface area (Å²) >= 11 is 0. The van der Waals surface area contributed by atoms with Crippen molar-refractivity contribution in [1.82, 2.24) is 9.80 Å². The molecule has 7 nitrogen and oxygen atoms in total. The number of benzene rings is 1. The summed E-state index contributed by atoms with van der Waals surface area (Å²) < 4.78 is 5.82. The third kappa shape index (κ3) is 8.29. The third-order valence-electron chi connectivity index (χ3n) is 7.83. The molecular weight excluding hydrogens is 480 g/mol. The Balaban J connectivity index is 1.59. The topological polar surface area (TPSA) is 87.2 Å². The number of esters is 1. The summed E-state index contributed by atoms with van der Waals surface area (Å²) in [6.45, 7) is 8.92. The zero-order valence-electron chi connectivity index (χ0n) is 22.6. The number of aliphatic hydroxyl groups excluding tert-OH is 1. The predicted molar refractivity (Wildman–Crippen MR) is 148 cm³/mol. The number of carbonyl (C=O) groups is 3. The Kier molecular flexibility index (Phi) is 12.1. The SMILES string of the molecule is C=CCCC[C@H](Cc1ccccc1)C(=O)OC[C@@H]1CCCN1C(=O)[C@@H](CC=C)CC(=O)N1CCC[C@H]1CO. The van der Waals surface area contributed by atoms with Gasteiger partial charge < -0.3 is 19.6 Å². The highest BCUT2D eigenvalue weighted by Gasteiger charge is 2.37. The van der Waals surface area contributed by atoms with E-state index in [1.807, 2.05) is 36.4 Å². The van der Waals surface area contributed by atoms with E-state index in [1.165, 1.54) is 0 Å². The molecule has 2 aliphatic heterocycles. The maximum absolute atomic E-state index is 13.5. The molecule has 208 valence electrons. The van der Waals surface area contributed by atoms with Crippen molar-refractivity contribution < 1.29 is 24.2 Å². The number of aliphatic hydroxyl groups is 1. The molecule has 1 aromatic carbocycles. The van der Waals surface area contributed by atoms with Gasteiger partial charge in [0.2, 0.25) is 11.8 Å². The first-order valence-electron chi connectivity index (χ1n) is 14.1. The molecule has 4 atom stereocenters. The third-order valence-corrected chi connectivity index (χ3v) is 7.83. The van der Waals surface area contributed by atoms with Crippen molar-refractivity contribution in [3.8, 4) is 0 Å². The maximum Gasteiger partial charge on any atom is 0.309 e. The number of unbranched alkanes of at least 4 members (excludes halogenated alkanes) is 1. The minimum atomic E-state index is -0.499. The largest absolute Gasteiger partial charge is 0.463 e. The van der Waals surface area contributed by atoms with E-state index in [2.05, 4.69) is 13.2 Å². The molecule has 0 unspecified atom stereocenters. The first kappa shape index (κ1) is 29.6. The lowest BCUT2D eigenvalue weighted by Gasteiger charge is -2.30. The normalized spacial score (nSPS) is 20.7. The second-order valence-electron chi connectivity index (χ2n) is 10.6. The summed E-state index contributed by atoms with van der Waals surface area (Å²) in [5.41, 5.74) is 1.10. The highest BCUT2D eigenvalue weighted by Crippen LogP contribution is 2.26. The highest BCUT2D eigenvalue weighted by molar-refractivity contribution is 5.86. The lowest BCUT2D eigenvalue weighted by atomic mass is 9.94. The lowest BCUT2D eigenvalue weighted by Crippen LogP contribution is -2.45. The fraction of sp³-hybridized carbons (Fsp3) is 0.581. The van der Waals surface area contributed by atoms with Crippen LogP contribution in [-0.4, -0.2) is 71.1 Å². The van der Waals surface area contributed by atoms with E-state index in [9.17, 15) is 19.5 Å². The summed E-state index contributed by atoms with van der Waals surface area (Å²) in [6.07, 6.45) is 10.4. The number of nitrogens with zero attached hydrogens (tertiary/aromatic N) is 2. The monoisotopic (exact) mass is 524 g/mol. The number of carbonyl (C=O) groups excluding carboxylic acids is 3. The van der Waals surface area contributed by atoms with Crippen LogP contribution < -0.4 is 0 Å². The Morgan fingerprint density at radius 1 is 1.00 bits per heavy atom. The van der Waals surface area contributed by atoms with Crippen LogP contribution in [0.15, 0.2) is 55.6 Å². The number of ether oxygens (including phenoxy) is 1. The van der Waals surface area contributed by atoms with E-state index < -0.39 is 5.92 Å². The van der Waals surface area contributed by atoms with E-state index in [1.54, 1.807) is 15.9 Å². The summed E-state index contributed by atoms with van der Waals surface area (Å²) in [6, 6.07) is 9.62. The van der Waals surface area contributed by atoms with Crippen LogP contribution in [0.5, 0.6) is 0 Å². The average molecular weight is 525 g/mol. The second kappa shape index (κ2) is 15.5. The molecule has 3 rings (SSSR count). The zero-order valence-corrected chi connectivity index (χ0v) is 22.6. The molecule has 0 saturated carbocycles. The van der Waals surface area contributed by atoms with Crippen LogP contribution in [0.25, 0.3) is 0 Å². The van der Waals surface area contributed by atoms with Crippen LogP contribution in [0.2, 0.25) is 0 Å². The van der Waals surface area contributed by atoms with Gasteiger partial charge in [0.05, 0.1) is 30.5 Å². The Hall–Kier alpha value is -2.93. The molecule has 2 aliphatic rings. The van der Waals surface area contributed by atoms with Gasteiger partial charge in [-0.15, -0.1) is 13.2 Å². The van der Waals surface area contributed by atoms with E-state index >= 15 is 0 Å². The molecular formula is C31H44N2O5. The Morgan fingerprint density at radius 2 is 1.71 bits per heavy atom. The fourth-order valence-electron chi connectivity index (χ4n) is 5.69. The van der Waals surface area contributed by atoms with Crippen LogP contribution >= 0.6 is 0 Å². The van der Waals surface area contributed by atoms with Gasteiger partial charge in [-0.1, -0.05) is 42.5 Å². The average Bonchev–Trinajstić information content (AvgIpc) is 3.61. The van der Waals surface area contributed by atoms with Crippen LogP contribution in [0, 0.1) is 11.8 Å². The van der Waals surface area contributed by atoms with Gasteiger partial charge in [0.15, 0.2) is 0 Å². The van der Waals surface area contributed by atoms with Gasteiger partial charge in [0.1, 0.15) is 6.61 Å². The van der Waals surface area contributed by atoms with Crippen molar-refractivity contribution >= 4 is 17.8 Å². The van der Waals surface area contributed by atoms with E-state index in [-0.39, 0.29) is 55.4 Å². The molecule has 2 heterocycles. The highest BCUT2D eigenvalue weighted by atomic mass is 16.5. The number of allylic oxidation sites excluding steroid dienone is 2. The minimum Gasteiger partial charge on any atom is -0.463 e. The van der Waals surface area contributed by atoms with E-state index in [0.717, 1.165) is 50.5 Å². The van der Waals surface area contributed by atoms with Crippen LogP contribution in [0.4, 0.5) is 0 Å². The van der Waals surface area contributed by atoms with Crippen LogP contribution in [0.1, 0.15) is 63.4 Å².